The first-order valence-electron chi connectivity index (χ1n) is 6.90. The molecule has 0 saturated heterocycles. The first-order valence-corrected chi connectivity index (χ1v) is 6.90. The Morgan fingerprint density at radius 1 is 1.32 bits per heavy atom. The van der Waals surface area contributed by atoms with Crippen LogP contribution in [0.2, 0.25) is 0 Å². The van der Waals surface area contributed by atoms with E-state index in [0.29, 0.717) is 12.6 Å². The van der Waals surface area contributed by atoms with E-state index in [-0.39, 0.29) is 5.41 Å². The van der Waals surface area contributed by atoms with Crippen molar-refractivity contribution in [3.05, 3.63) is 36.0 Å². The van der Waals surface area contributed by atoms with Crippen LogP contribution >= 0.6 is 0 Å². The number of benzene rings is 1. The smallest absolute Gasteiger partial charge is 0.0481 e. The SMILES string of the molecule is CNC(CC(C)(C)CN)c1cn(C)c2ccccc12. The third-order valence-electron chi connectivity index (χ3n) is 3.96. The summed E-state index contributed by atoms with van der Waals surface area (Å²) in [5, 5.41) is 4.78. The molecular formula is C16H25N3. The van der Waals surface area contributed by atoms with E-state index in [0.717, 1.165) is 6.42 Å². The molecule has 2 aromatic rings. The number of aryl methyl sites for hydroxylation is 1. The molecule has 1 heterocycles. The van der Waals surface area contributed by atoms with Crippen LogP contribution in [0.3, 0.4) is 0 Å². The number of nitrogens with zero attached hydrogens (tertiary/aromatic N) is 1. The second-order valence-corrected chi connectivity index (χ2v) is 6.13. The van der Waals surface area contributed by atoms with Crippen molar-refractivity contribution in [1.82, 2.24) is 9.88 Å². The molecule has 2 rings (SSSR count). The highest BCUT2D eigenvalue weighted by Gasteiger charge is 2.24. The van der Waals surface area contributed by atoms with Crippen LogP contribution in [-0.4, -0.2) is 18.2 Å². The summed E-state index contributed by atoms with van der Waals surface area (Å²) in [7, 11) is 4.13. The van der Waals surface area contributed by atoms with Gasteiger partial charge >= 0.3 is 0 Å². The van der Waals surface area contributed by atoms with E-state index in [1.165, 1.54) is 16.5 Å². The molecule has 0 bridgehead atoms. The fourth-order valence-electron chi connectivity index (χ4n) is 2.65. The Kier molecular flexibility index (Phi) is 3.97. The maximum absolute atomic E-state index is 5.87. The summed E-state index contributed by atoms with van der Waals surface area (Å²) >= 11 is 0. The van der Waals surface area contributed by atoms with Gasteiger partial charge < -0.3 is 15.6 Å². The van der Waals surface area contributed by atoms with Crippen molar-refractivity contribution in [3.63, 3.8) is 0 Å². The number of aromatic nitrogens is 1. The van der Waals surface area contributed by atoms with E-state index in [2.05, 4.69) is 61.2 Å². The lowest BCUT2D eigenvalue weighted by Gasteiger charge is -2.28. The first kappa shape index (κ1) is 14.1. The highest BCUT2D eigenvalue weighted by atomic mass is 14.9. The van der Waals surface area contributed by atoms with Crippen LogP contribution in [0, 0.1) is 5.41 Å². The number of fused-ring (bicyclic) bond motifs is 1. The van der Waals surface area contributed by atoms with Gasteiger partial charge in [-0.2, -0.15) is 0 Å². The van der Waals surface area contributed by atoms with Crippen molar-refractivity contribution in [2.75, 3.05) is 13.6 Å². The normalized spacial score (nSPS) is 13.9. The van der Waals surface area contributed by atoms with Crippen LogP contribution in [0.5, 0.6) is 0 Å². The van der Waals surface area contributed by atoms with Crippen molar-refractivity contribution in [1.29, 1.82) is 0 Å². The monoisotopic (exact) mass is 259 g/mol. The van der Waals surface area contributed by atoms with Gasteiger partial charge in [0.1, 0.15) is 0 Å². The van der Waals surface area contributed by atoms with Gasteiger partial charge in [0.15, 0.2) is 0 Å². The van der Waals surface area contributed by atoms with E-state index >= 15 is 0 Å². The molecule has 1 aromatic carbocycles. The number of hydrogen-bond acceptors (Lipinski definition) is 2. The van der Waals surface area contributed by atoms with Gasteiger partial charge in [-0.15, -0.1) is 0 Å². The zero-order chi connectivity index (χ0) is 14.0. The number of para-hydroxylation sites is 1. The fraction of sp³-hybridized carbons (Fsp3) is 0.500. The van der Waals surface area contributed by atoms with Gasteiger partial charge in [-0.3, -0.25) is 0 Å². The van der Waals surface area contributed by atoms with Gasteiger partial charge in [-0.05, 0) is 37.1 Å². The molecular weight excluding hydrogens is 234 g/mol. The van der Waals surface area contributed by atoms with Gasteiger partial charge in [-0.1, -0.05) is 32.0 Å². The van der Waals surface area contributed by atoms with Crippen molar-refractivity contribution >= 4 is 10.9 Å². The van der Waals surface area contributed by atoms with Crippen molar-refractivity contribution in [2.45, 2.75) is 26.3 Å². The maximum atomic E-state index is 5.87. The first-order chi connectivity index (χ1) is 8.98. The number of nitrogens with one attached hydrogen (secondary N) is 1. The largest absolute Gasteiger partial charge is 0.350 e. The molecule has 1 atom stereocenters. The molecule has 0 aliphatic rings. The third-order valence-corrected chi connectivity index (χ3v) is 3.96. The summed E-state index contributed by atoms with van der Waals surface area (Å²) in [5.74, 6) is 0. The average molecular weight is 259 g/mol. The number of rotatable bonds is 5. The van der Waals surface area contributed by atoms with Gasteiger partial charge in [0.25, 0.3) is 0 Å². The highest BCUT2D eigenvalue weighted by Crippen LogP contribution is 2.33. The van der Waals surface area contributed by atoms with Crippen molar-refractivity contribution in [3.8, 4) is 0 Å². The Morgan fingerprint density at radius 2 is 2.00 bits per heavy atom. The fourth-order valence-corrected chi connectivity index (χ4v) is 2.65. The van der Waals surface area contributed by atoms with Gasteiger partial charge in [-0.25, -0.2) is 0 Å². The van der Waals surface area contributed by atoms with E-state index in [1.54, 1.807) is 0 Å². The molecule has 104 valence electrons. The Balaban J connectivity index is 2.41. The molecule has 0 radical (unpaired) electrons. The lowest BCUT2D eigenvalue weighted by molar-refractivity contribution is 0.299. The summed E-state index contributed by atoms with van der Waals surface area (Å²) in [5.41, 5.74) is 8.66. The van der Waals surface area contributed by atoms with Crippen molar-refractivity contribution < 1.29 is 0 Å². The summed E-state index contributed by atoms with van der Waals surface area (Å²) in [6.07, 6.45) is 3.27. The van der Waals surface area contributed by atoms with Gasteiger partial charge in [0, 0.05) is 30.2 Å². The van der Waals surface area contributed by atoms with Crippen molar-refractivity contribution in [2.24, 2.45) is 18.2 Å². The minimum absolute atomic E-state index is 0.143. The van der Waals surface area contributed by atoms with E-state index in [9.17, 15) is 0 Å². The molecule has 0 aliphatic heterocycles. The van der Waals surface area contributed by atoms with E-state index in [4.69, 9.17) is 5.73 Å². The zero-order valence-corrected chi connectivity index (χ0v) is 12.4. The molecule has 0 spiro atoms. The predicted molar refractivity (Wildman–Crippen MR) is 82.2 cm³/mol. The Hall–Kier alpha value is -1.32. The summed E-state index contributed by atoms with van der Waals surface area (Å²) < 4.78 is 2.20. The highest BCUT2D eigenvalue weighted by molar-refractivity contribution is 5.84. The topological polar surface area (TPSA) is 43.0 Å². The van der Waals surface area contributed by atoms with E-state index in [1.807, 2.05) is 7.05 Å². The van der Waals surface area contributed by atoms with Crippen LogP contribution in [0.1, 0.15) is 31.9 Å². The van der Waals surface area contributed by atoms with Crippen LogP contribution in [0.25, 0.3) is 10.9 Å². The quantitative estimate of drug-likeness (QED) is 0.867. The molecule has 3 nitrogen and oxygen atoms in total. The van der Waals surface area contributed by atoms with Crippen LogP contribution in [0.4, 0.5) is 0 Å². The number of nitrogens with two attached hydrogens (primary N) is 1. The molecule has 0 saturated carbocycles. The molecule has 1 aromatic heterocycles. The molecule has 1 unspecified atom stereocenters. The molecule has 3 N–H and O–H groups in total. The Bertz CT molecular complexity index is 554. The third kappa shape index (κ3) is 2.82. The lowest BCUT2D eigenvalue weighted by atomic mass is 9.83. The molecule has 19 heavy (non-hydrogen) atoms. The van der Waals surface area contributed by atoms with Gasteiger partial charge in [0.2, 0.25) is 0 Å². The summed E-state index contributed by atoms with van der Waals surface area (Å²) in [6, 6.07) is 8.89. The average Bonchev–Trinajstić information content (AvgIpc) is 2.74. The number of hydrogen-bond donors (Lipinski definition) is 2. The van der Waals surface area contributed by atoms with Crippen LogP contribution in [-0.2, 0) is 7.05 Å². The van der Waals surface area contributed by atoms with Crippen LogP contribution < -0.4 is 11.1 Å². The molecule has 0 amide bonds. The molecule has 0 aliphatic carbocycles. The standard InChI is InChI=1S/C16H25N3/c1-16(2,11-17)9-14(18-3)13-10-19(4)15-8-6-5-7-12(13)15/h5-8,10,14,18H,9,11,17H2,1-4H3. The minimum atomic E-state index is 0.143. The predicted octanol–water partition coefficient (Wildman–Crippen LogP) is 2.81. The second-order valence-electron chi connectivity index (χ2n) is 6.13. The maximum Gasteiger partial charge on any atom is 0.0481 e. The zero-order valence-electron chi connectivity index (χ0n) is 12.4. The van der Waals surface area contributed by atoms with Gasteiger partial charge in [0.05, 0.1) is 0 Å². The summed E-state index contributed by atoms with van der Waals surface area (Å²) in [4.78, 5) is 0. The Labute approximate surface area is 115 Å². The van der Waals surface area contributed by atoms with E-state index < -0.39 is 0 Å². The minimum Gasteiger partial charge on any atom is -0.350 e. The lowest BCUT2D eigenvalue weighted by Crippen LogP contribution is -2.30. The Morgan fingerprint density at radius 3 is 2.63 bits per heavy atom. The molecule has 0 fully saturated rings. The van der Waals surface area contributed by atoms with Crippen LogP contribution in [0.15, 0.2) is 30.5 Å². The summed E-state index contributed by atoms with van der Waals surface area (Å²) in [6.45, 7) is 5.15. The second kappa shape index (κ2) is 5.35. The molecule has 3 heteroatoms.